The number of hydrogen-bond donors (Lipinski definition) is 2. The number of halogens is 1. The number of hydrogen-bond acceptors (Lipinski definition) is 6. The molecular formula is C18H17ClN6O2S. The number of thioether (sulfide) groups is 1. The number of aromatic nitrogens is 4. The SMILES string of the molecule is C[C@H](Sc1nnnn1-c1cccc(Cl)c1)C(=O)NC(=O)NCc1ccccc1. The highest BCUT2D eigenvalue weighted by Gasteiger charge is 2.21. The van der Waals surface area contributed by atoms with E-state index in [4.69, 9.17) is 11.6 Å². The molecule has 0 fully saturated rings. The van der Waals surface area contributed by atoms with Gasteiger partial charge in [0.2, 0.25) is 11.1 Å². The lowest BCUT2D eigenvalue weighted by atomic mass is 10.2. The van der Waals surface area contributed by atoms with Crippen molar-refractivity contribution in [3.05, 3.63) is 65.2 Å². The second kappa shape index (κ2) is 9.34. The number of amides is 3. The minimum atomic E-state index is -0.591. The normalized spacial score (nSPS) is 11.6. The molecule has 0 radical (unpaired) electrons. The van der Waals surface area contributed by atoms with Crippen LogP contribution in [-0.2, 0) is 11.3 Å². The molecule has 1 aromatic heterocycles. The Morgan fingerprint density at radius 2 is 1.96 bits per heavy atom. The number of nitrogens with zero attached hydrogens (tertiary/aromatic N) is 4. The Morgan fingerprint density at radius 1 is 1.18 bits per heavy atom. The van der Waals surface area contributed by atoms with Crippen LogP contribution < -0.4 is 10.6 Å². The Kier molecular flexibility index (Phi) is 6.62. The molecule has 1 heterocycles. The highest BCUT2D eigenvalue weighted by Crippen LogP contribution is 2.24. The van der Waals surface area contributed by atoms with Crippen molar-refractivity contribution < 1.29 is 9.59 Å². The summed E-state index contributed by atoms with van der Waals surface area (Å²) in [5.74, 6) is -0.448. The van der Waals surface area contributed by atoms with Gasteiger partial charge in [-0.05, 0) is 41.1 Å². The molecule has 10 heteroatoms. The maximum absolute atomic E-state index is 12.3. The number of imide groups is 1. The average molecular weight is 417 g/mol. The molecule has 2 N–H and O–H groups in total. The quantitative estimate of drug-likeness (QED) is 0.599. The number of carbonyl (C=O) groups is 2. The molecule has 2 aromatic carbocycles. The van der Waals surface area contributed by atoms with Crippen molar-refractivity contribution >= 4 is 35.3 Å². The number of benzene rings is 2. The second-order valence-corrected chi connectivity index (χ2v) is 7.52. The molecule has 0 saturated heterocycles. The monoisotopic (exact) mass is 416 g/mol. The number of urea groups is 1. The third kappa shape index (κ3) is 5.30. The van der Waals surface area contributed by atoms with E-state index in [9.17, 15) is 9.59 Å². The first-order valence-electron chi connectivity index (χ1n) is 8.36. The molecule has 0 aliphatic rings. The molecule has 0 aliphatic heterocycles. The Labute approximate surface area is 170 Å². The first-order chi connectivity index (χ1) is 13.5. The Morgan fingerprint density at radius 3 is 2.71 bits per heavy atom. The minimum absolute atomic E-state index is 0.328. The second-order valence-electron chi connectivity index (χ2n) is 5.77. The van der Waals surface area contributed by atoms with Crippen LogP contribution in [0.2, 0.25) is 5.02 Å². The smallest absolute Gasteiger partial charge is 0.321 e. The van der Waals surface area contributed by atoms with Gasteiger partial charge in [0, 0.05) is 11.6 Å². The van der Waals surface area contributed by atoms with E-state index in [1.807, 2.05) is 30.3 Å². The lowest BCUT2D eigenvalue weighted by Crippen LogP contribution is -2.42. The molecule has 3 aromatic rings. The van der Waals surface area contributed by atoms with Crippen molar-refractivity contribution in [3.8, 4) is 5.69 Å². The molecule has 1 atom stereocenters. The molecule has 8 nitrogen and oxygen atoms in total. The zero-order valence-electron chi connectivity index (χ0n) is 14.9. The molecule has 144 valence electrons. The predicted molar refractivity (Wildman–Crippen MR) is 106 cm³/mol. The fourth-order valence-corrected chi connectivity index (χ4v) is 3.26. The number of nitrogens with one attached hydrogen (secondary N) is 2. The first kappa shape index (κ1) is 19.8. The van der Waals surface area contributed by atoms with Crippen LogP contribution in [0, 0.1) is 0 Å². The average Bonchev–Trinajstić information content (AvgIpc) is 3.15. The van der Waals surface area contributed by atoms with Crippen LogP contribution in [0.5, 0.6) is 0 Å². The van der Waals surface area contributed by atoms with Gasteiger partial charge >= 0.3 is 6.03 Å². The maximum atomic E-state index is 12.3. The van der Waals surface area contributed by atoms with E-state index in [0.29, 0.717) is 22.4 Å². The molecule has 0 spiro atoms. The predicted octanol–water partition coefficient (Wildman–Crippen LogP) is 2.82. The molecule has 0 unspecified atom stereocenters. The fourth-order valence-electron chi connectivity index (χ4n) is 2.27. The van der Waals surface area contributed by atoms with Crippen LogP contribution in [0.15, 0.2) is 59.8 Å². The summed E-state index contributed by atoms with van der Waals surface area (Å²) < 4.78 is 1.48. The summed E-state index contributed by atoms with van der Waals surface area (Å²) in [6.45, 7) is 2.00. The van der Waals surface area contributed by atoms with E-state index in [-0.39, 0.29) is 0 Å². The third-order valence-electron chi connectivity index (χ3n) is 3.68. The maximum Gasteiger partial charge on any atom is 0.321 e. The summed E-state index contributed by atoms with van der Waals surface area (Å²) in [6.07, 6.45) is 0. The van der Waals surface area contributed by atoms with Crippen LogP contribution >= 0.6 is 23.4 Å². The van der Waals surface area contributed by atoms with E-state index in [2.05, 4.69) is 26.2 Å². The van der Waals surface area contributed by atoms with Gasteiger partial charge in [0.25, 0.3) is 0 Å². The topological polar surface area (TPSA) is 102 Å². The van der Waals surface area contributed by atoms with E-state index < -0.39 is 17.2 Å². The summed E-state index contributed by atoms with van der Waals surface area (Å²) in [5.41, 5.74) is 1.61. The zero-order chi connectivity index (χ0) is 19.9. The molecule has 3 amide bonds. The van der Waals surface area contributed by atoms with Crippen LogP contribution in [-0.4, -0.2) is 37.4 Å². The third-order valence-corrected chi connectivity index (χ3v) is 4.95. The molecule has 0 aliphatic carbocycles. The van der Waals surface area contributed by atoms with Gasteiger partial charge in [0.1, 0.15) is 0 Å². The summed E-state index contributed by atoms with van der Waals surface area (Å²) in [7, 11) is 0. The van der Waals surface area contributed by atoms with Crippen LogP contribution in [0.4, 0.5) is 4.79 Å². The van der Waals surface area contributed by atoms with Gasteiger partial charge in [-0.25, -0.2) is 4.79 Å². The van der Waals surface area contributed by atoms with Gasteiger partial charge in [-0.3, -0.25) is 10.1 Å². The van der Waals surface area contributed by atoms with Gasteiger partial charge in [-0.1, -0.05) is 59.8 Å². The van der Waals surface area contributed by atoms with Crippen molar-refractivity contribution in [1.29, 1.82) is 0 Å². The van der Waals surface area contributed by atoms with Gasteiger partial charge in [0.15, 0.2) is 0 Å². The number of tetrazole rings is 1. The highest BCUT2D eigenvalue weighted by molar-refractivity contribution is 8.00. The Bertz CT molecular complexity index is 965. The van der Waals surface area contributed by atoms with E-state index in [1.165, 1.54) is 4.68 Å². The van der Waals surface area contributed by atoms with E-state index >= 15 is 0 Å². The van der Waals surface area contributed by atoms with E-state index in [0.717, 1.165) is 17.3 Å². The Hall–Kier alpha value is -2.91. The van der Waals surface area contributed by atoms with Crippen LogP contribution in [0.25, 0.3) is 5.69 Å². The standard InChI is InChI=1S/C18H17ClN6O2S/c1-12(16(26)21-17(27)20-11-13-6-3-2-4-7-13)28-18-22-23-24-25(18)15-9-5-8-14(19)10-15/h2-10,12H,11H2,1H3,(H2,20,21,26,27)/t12-/m0/s1. The summed E-state index contributed by atoms with van der Waals surface area (Å²) in [6, 6.07) is 15.9. The number of carbonyl (C=O) groups excluding carboxylic acids is 2. The molecule has 0 bridgehead atoms. The van der Waals surface area contributed by atoms with Gasteiger partial charge in [-0.15, -0.1) is 5.10 Å². The van der Waals surface area contributed by atoms with Crippen molar-refractivity contribution in [3.63, 3.8) is 0 Å². The van der Waals surface area contributed by atoms with Crippen molar-refractivity contribution in [2.45, 2.75) is 23.9 Å². The van der Waals surface area contributed by atoms with Crippen molar-refractivity contribution in [1.82, 2.24) is 30.8 Å². The van der Waals surface area contributed by atoms with Crippen molar-refractivity contribution in [2.75, 3.05) is 0 Å². The zero-order valence-corrected chi connectivity index (χ0v) is 16.4. The van der Waals surface area contributed by atoms with Gasteiger partial charge in [0.05, 0.1) is 10.9 Å². The summed E-state index contributed by atoms with van der Waals surface area (Å²) in [5, 5.41) is 16.9. The van der Waals surface area contributed by atoms with Crippen molar-refractivity contribution in [2.24, 2.45) is 0 Å². The lowest BCUT2D eigenvalue weighted by Gasteiger charge is -2.12. The highest BCUT2D eigenvalue weighted by atomic mass is 35.5. The van der Waals surface area contributed by atoms with Crippen LogP contribution in [0.3, 0.4) is 0 Å². The van der Waals surface area contributed by atoms with Crippen LogP contribution in [0.1, 0.15) is 12.5 Å². The molecular weight excluding hydrogens is 400 g/mol. The van der Waals surface area contributed by atoms with Gasteiger partial charge in [-0.2, -0.15) is 4.68 Å². The summed E-state index contributed by atoms with van der Waals surface area (Å²) >= 11 is 7.14. The number of rotatable bonds is 6. The summed E-state index contributed by atoms with van der Waals surface area (Å²) in [4.78, 5) is 24.2. The molecule has 0 saturated carbocycles. The fraction of sp³-hybridized carbons (Fsp3) is 0.167. The minimum Gasteiger partial charge on any atom is -0.334 e. The molecule has 3 rings (SSSR count). The van der Waals surface area contributed by atoms with E-state index in [1.54, 1.807) is 31.2 Å². The molecule has 28 heavy (non-hydrogen) atoms. The Balaban J connectivity index is 1.56. The van der Waals surface area contributed by atoms with Gasteiger partial charge < -0.3 is 5.32 Å². The lowest BCUT2D eigenvalue weighted by molar-refractivity contribution is -0.119. The largest absolute Gasteiger partial charge is 0.334 e. The first-order valence-corrected chi connectivity index (χ1v) is 9.62.